The summed E-state index contributed by atoms with van der Waals surface area (Å²) in [7, 11) is 0. The van der Waals surface area contributed by atoms with E-state index in [1.165, 1.54) is 121 Å². The van der Waals surface area contributed by atoms with Crippen LogP contribution in [0.15, 0.2) is 328 Å². The third kappa shape index (κ3) is 9.93. The Morgan fingerprint density at radius 3 is 1.08 bits per heavy atom. The zero-order valence-electron chi connectivity index (χ0n) is 59.1. The summed E-state index contributed by atoms with van der Waals surface area (Å²) in [6.07, 6.45) is 0. The van der Waals surface area contributed by atoms with Crippen molar-refractivity contribution < 1.29 is 0 Å². The van der Waals surface area contributed by atoms with Gasteiger partial charge < -0.3 is 14.1 Å². The number of H-pyrrole nitrogens is 1. The molecule has 508 valence electrons. The fourth-order valence-corrected chi connectivity index (χ4v) is 17.5. The van der Waals surface area contributed by atoms with Gasteiger partial charge in [0.1, 0.15) is 0 Å². The molecular formula is C96H67ClN10. The molecule has 0 fully saturated rings. The van der Waals surface area contributed by atoms with Gasteiger partial charge in [-0.25, -0.2) is 9.97 Å². The first kappa shape index (κ1) is 63.3. The Morgan fingerprint density at radius 1 is 0.290 bits per heavy atom. The minimum Gasteiger partial charge on any atom is -0.354 e. The van der Waals surface area contributed by atoms with Crippen LogP contribution in [0.25, 0.3) is 172 Å². The molecule has 10 nitrogen and oxygen atoms in total. The fourth-order valence-electron chi connectivity index (χ4n) is 17.4. The molecule has 0 amide bonds. The van der Waals surface area contributed by atoms with E-state index in [9.17, 15) is 0 Å². The molecule has 0 saturated heterocycles. The van der Waals surface area contributed by atoms with Gasteiger partial charge in [0.25, 0.3) is 0 Å². The number of benzene rings is 14. The Hall–Kier alpha value is -13.4. The minimum absolute atomic E-state index is 0.110. The average Bonchev–Trinajstić information content (AvgIpc) is 1.51. The molecular weight excluding hydrogens is 1330 g/mol. The van der Waals surface area contributed by atoms with Gasteiger partial charge in [0.15, 0.2) is 23.3 Å². The Bertz CT molecular complexity index is 6810. The van der Waals surface area contributed by atoms with Crippen LogP contribution in [-0.4, -0.2) is 48.6 Å². The molecule has 0 atom stereocenters. The second-order valence-corrected chi connectivity index (χ2v) is 29.0. The smallest absolute Gasteiger partial charge is 0.238 e. The van der Waals surface area contributed by atoms with Crippen LogP contribution in [0, 0.1) is 0 Å². The van der Waals surface area contributed by atoms with Crippen LogP contribution in [0.1, 0.15) is 49.9 Å². The molecule has 0 spiro atoms. The van der Waals surface area contributed by atoms with Gasteiger partial charge in [-0.1, -0.05) is 307 Å². The van der Waals surface area contributed by atoms with Crippen molar-refractivity contribution in [2.45, 2.75) is 38.5 Å². The molecule has 2 aliphatic rings. The second kappa shape index (κ2) is 24.9. The Morgan fingerprint density at radius 2 is 0.626 bits per heavy atom. The van der Waals surface area contributed by atoms with E-state index in [4.69, 9.17) is 26.6 Å². The lowest BCUT2D eigenvalue weighted by Gasteiger charge is -2.23. The van der Waals surface area contributed by atoms with Crippen molar-refractivity contribution in [1.29, 1.82) is 0 Å². The van der Waals surface area contributed by atoms with Gasteiger partial charge in [-0.05, 0) is 93.5 Å². The lowest BCUT2D eigenvalue weighted by molar-refractivity contribution is 0.666. The van der Waals surface area contributed by atoms with E-state index in [-0.39, 0.29) is 16.1 Å². The van der Waals surface area contributed by atoms with Crippen LogP contribution < -0.4 is 0 Å². The predicted molar refractivity (Wildman–Crippen MR) is 440 cm³/mol. The van der Waals surface area contributed by atoms with Gasteiger partial charge in [-0.2, -0.15) is 19.9 Å². The van der Waals surface area contributed by atoms with Crippen LogP contribution in [0.3, 0.4) is 0 Å². The maximum atomic E-state index is 5.99. The highest BCUT2D eigenvalue weighted by Crippen LogP contribution is 2.60. The maximum absolute atomic E-state index is 5.99. The number of aromatic amines is 1. The molecule has 11 heteroatoms. The number of aromatic nitrogens is 10. The molecule has 14 aromatic carbocycles. The number of hydrogen-bond donors (Lipinski definition) is 1. The van der Waals surface area contributed by atoms with E-state index in [1.807, 2.05) is 97.1 Å². The zero-order chi connectivity index (χ0) is 71.7. The number of fused-ring (bicyclic) bond motifs is 24. The highest BCUT2D eigenvalue weighted by atomic mass is 35.5. The van der Waals surface area contributed by atoms with Gasteiger partial charge in [-0.15, -0.1) is 0 Å². The molecule has 107 heavy (non-hydrogen) atoms. The van der Waals surface area contributed by atoms with Crippen molar-refractivity contribution in [3.05, 3.63) is 355 Å². The van der Waals surface area contributed by atoms with E-state index in [1.54, 1.807) is 0 Å². The van der Waals surface area contributed by atoms with Crippen LogP contribution in [-0.2, 0) is 10.8 Å². The number of nitrogens with zero attached hydrogens (tertiary/aromatic N) is 9. The summed E-state index contributed by atoms with van der Waals surface area (Å²) in [5, 5.41) is 10.3. The number of nitrogens with one attached hydrogen (secondary N) is 1. The van der Waals surface area contributed by atoms with Crippen molar-refractivity contribution in [2.75, 3.05) is 0 Å². The second-order valence-electron chi connectivity index (χ2n) is 28.7. The van der Waals surface area contributed by atoms with Crippen molar-refractivity contribution in [3.63, 3.8) is 0 Å². The van der Waals surface area contributed by atoms with Gasteiger partial charge >= 0.3 is 0 Å². The van der Waals surface area contributed by atoms with Crippen LogP contribution in [0.4, 0.5) is 0 Å². The molecule has 0 bridgehead atoms. The number of rotatable bonds is 7. The highest BCUT2D eigenvalue weighted by molar-refractivity contribution is 6.33. The first-order valence-electron chi connectivity index (χ1n) is 36.3. The first-order chi connectivity index (χ1) is 52.6. The summed E-state index contributed by atoms with van der Waals surface area (Å²) in [4.78, 5) is 32.4. The molecule has 0 aliphatic heterocycles. The van der Waals surface area contributed by atoms with Crippen molar-refractivity contribution in [1.82, 2.24) is 48.6 Å². The molecule has 2 aliphatic carbocycles. The zero-order valence-corrected chi connectivity index (χ0v) is 59.8. The number of hydrogen-bond acceptors (Lipinski definition) is 6. The summed E-state index contributed by atoms with van der Waals surface area (Å²) in [6, 6.07) is 115. The van der Waals surface area contributed by atoms with E-state index in [0.29, 0.717) is 29.2 Å². The molecule has 6 heterocycles. The van der Waals surface area contributed by atoms with Gasteiger partial charge in [0.2, 0.25) is 11.2 Å². The number of halogens is 1. The van der Waals surface area contributed by atoms with E-state index in [0.717, 1.165) is 44.5 Å². The predicted octanol–water partition coefficient (Wildman–Crippen LogP) is 24.3. The van der Waals surface area contributed by atoms with Crippen molar-refractivity contribution in [2.24, 2.45) is 0 Å². The molecule has 0 saturated carbocycles. The Balaban J connectivity index is 0.000000119. The van der Waals surface area contributed by atoms with Crippen LogP contribution >= 0.6 is 11.6 Å². The average molecular weight is 1400 g/mol. The topological polar surface area (TPSA) is 108 Å². The van der Waals surface area contributed by atoms with E-state index < -0.39 is 0 Å². The first-order valence-corrected chi connectivity index (χ1v) is 36.7. The number of para-hydroxylation sites is 6. The van der Waals surface area contributed by atoms with Crippen LogP contribution in [0.2, 0.25) is 5.28 Å². The largest absolute Gasteiger partial charge is 0.354 e. The lowest BCUT2D eigenvalue weighted by atomic mass is 9.80. The van der Waals surface area contributed by atoms with E-state index in [2.05, 4.69) is 292 Å². The Kier molecular flexibility index (Phi) is 14.7. The summed E-state index contributed by atoms with van der Waals surface area (Å²) in [5.41, 5.74) is 26.0. The van der Waals surface area contributed by atoms with Crippen molar-refractivity contribution in [3.8, 4) is 85.1 Å². The lowest BCUT2D eigenvalue weighted by Crippen LogP contribution is -2.15. The molecule has 0 radical (unpaired) electrons. The third-order valence-corrected chi connectivity index (χ3v) is 22.0. The molecule has 22 rings (SSSR count). The third-order valence-electron chi connectivity index (χ3n) is 21.9. The molecule has 6 aromatic heterocycles. The molecule has 0 unspecified atom stereocenters. The summed E-state index contributed by atoms with van der Waals surface area (Å²) >= 11 is 5.99. The summed E-state index contributed by atoms with van der Waals surface area (Å²) < 4.78 is 7.27. The SMILES string of the molecule is CC1(C)c2ccccc2-c2c1c1c3ccccc3[nH]c1c1c3ccccc3n(-c3ccccc3)c21.CC1(C)c2ccccc2-c2c1c1c3ccccc3n(-c3nc(-c4ccccc4)nc(-c4ccccc4)n3)c1c1c3ccccc3n(-c3ccccc3)c21.Clc1nc(-c2ccccc2)nc(-c2ccccc2)n1. The molecule has 20 aromatic rings. The fraction of sp³-hybridized carbons (Fsp3) is 0.0625. The monoisotopic (exact) mass is 1390 g/mol. The minimum atomic E-state index is -0.283. The van der Waals surface area contributed by atoms with Crippen LogP contribution in [0.5, 0.6) is 0 Å². The van der Waals surface area contributed by atoms with Gasteiger partial charge in [-0.3, -0.25) is 4.57 Å². The Labute approximate surface area is 622 Å². The summed E-state index contributed by atoms with van der Waals surface area (Å²) in [5.74, 6) is 3.03. The van der Waals surface area contributed by atoms with E-state index >= 15 is 0 Å². The summed E-state index contributed by atoms with van der Waals surface area (Å²) in [6.45, 7) is 9.55. The van der Waals surface area contributed by atoms with Gasteiger partial charge in [0, 0.05) is 104 Å². The van der Waals surface area contributed by atoms with Gasteiger partial charge in [0.05, 0.1) is 38.6 Å². The quantitative estimate of drug-likeness (QED) is 0.170. The highest BCUT2D eigenvalue weighted by Gasteiger charge is 2.43. The maximum Gasteiger partial charge on any atom is 0.238 e. The van der Waals surface area contributed by atoms with Crippen molar-refractivity contribution >= 4 is 98.8 Å². The molecule has 1 N–H and O–H groups in total. The normalized spacial score (nSPS) is 13.1. The standard InChI is InChI=1S/C48H33N5.C33H24N2.C15H10ClN3/c1-48(2)36-27-15-12-24-33(36)39-42(48)40-34-25-13-17-29-38(34)53(44(40)41-35-26-14-16-28-37(35)52(43(39)41)32-22-10-5-11-23-32)47-50-45(30-18-6-3-7-19-30)49-46(51-47)31-20-8-4-9-21-31;1-33(2)24-17-9-6-14-21(24)28-30(33)27-22-15-7-10-18-25(22)34-31(27)29-23-16-8-11-19-26(23)35(32(28)29)20-12-4-3-5-13-20;16-15-18-13(11-7-3-1-4-8-11)17-14(19-15)12-9-5-2-6-10-12/h3-29H,1-2H3;3-19,34H,1-2H3;1-10H.